The van der Waals surface area contributed by atoms with E-state index in [2.05, 4.69) is 15.2 Å². The Kier molecular flexibility index (Phi) is 9.54. The van der Waals surface area contributed by atoms with E-state index in [0.717, 1.165) is 12.3 Å². The summed E-state index contributed by atoms with van der Waals surface area (Å²) in [7, 11) is -3.25. The van der Waals surface area contributed by atoms with Crippen molar-refractivity contribution in [3.63, 3.8) is 0 Å². The van der Waals surface area contributed by atoms with Gasteiger partial charge in [0.1, 0.15) is 15.6 Å². The molecule has 3 rings (SSSR count). The van der Waals surface area contributed by atoms with Crippen LogP contribution in [-0.4, -0.2) is 65.7 Å². The average Bonchev–Trinajstić information content (AvgIpc) is 3.16. The molecule has 2 aromatic rings. The van der Waals surface area contributed by atoms with Crippen LogP contribution < -0.4 is 10.1 Å². The van der Waals surface area contributed by atoms with Crippen molar-refractivity contribution in [3.8, 4) is 17.0 Å². The van der Waals surface area contributed by atoms with Crippen LogP contribution in [-0.2, 0) is 22.8 Å². The summed E-state index contributed by atoms with van der Waals surface area (Å²) in [5, 5.41) is 16.8. The lowest BCUT2D eigenvalue weighted by molar-refractivity contribution is -0.134. The summed E-state index contributed by atoms with van der Waals surface area (Å²) in [5.41, 5.74) is -1.42. The predicted molar refractivity (Wildman–Crippen MR) is 134 cm³/mol. The molecule has 1 heterocycles. The molecule has 0 saturated heterocycles. The van der Waals surface area contributed by atoms with E-state index < -0.39 is 58.0 Å². The molecular formula is C24H29ClF5N3O5S. The summed E-state index contributed by atoms with van der Waals surface area (Å²) in [6.07, 6.45) is -4.11. The van der Waals surface area contributed by atoms with Crippen LogP contribution in [0.5, 0.6) is 5.75 Å². The first-order valence-electron chi connectivity index (χ1n) is 12.1. The van der Waals surface area contributed by atoms with E-state index in [-0.39, 0.29) is 66.3 Å². The summed E-state index contributed by atoms with van der Waals surface area (Å²) < 4.78 is 93.6. The van der Waals surface area contributed by atoms with Gasteiger partial charge in [0, 0.05) is 31.3 Å². The summed E-state index contributed by atoms with van der Waals surface area (Å²) in [4.78, 5) is 12.9. The van der Waals surface area contributed by atoms with Crippen molar-refractivity contribution in [2.75, 3.05) is 12.8 Å². The van der Waals surface area contributed by atoms with Gasteiger partial charge in [-0.05, 0) is 56.7 Å². The van der Waals surface area contributed by atoms with Gasteiger partial charge in [0.25, 0.3) is 5.91 Å². The highest BCUT2D eigenvalue weighted by Crippen LogP contribution is 2.39. The zero-order chi connectivity index (χ0) is 29.2. The van der Waals surface area contributed by atoms with Crippen LogP contribution in [0.4, 0.5) is 22.0 Å². The molecule has 8 nitrogen and oxygen atoms in total. The maximum atomic E-state index is 13.2. The maximum Gasteiger partial charge on any atom is 0.389 e. The summed E-state index contributed by atoms with van der Waals surface area (Å²) in [6, 6.07) is 3.67. The van der Waals surface area contributed by atoms with Crippen LogP contribution in [0.3, 0.4) is 0 Å². The smallest absolute Gasteiger partial charge is 0.389 e. The first kappa shape index (κ1) is 31.1. The van der Waals surface area contributed by atoms with Crippen LogP contribution in [0.1, 0.15) is 55.1 Å². The zero-order valence-electron chi connectivity index (χ0n) is 21.2. The highest BCUT2D eigenvalue weighted by molar-refractivity contribution is 7.91. The van der Waals surface area contributed by atoms with Gasteiger partial charge in [-0.1, -0.05) is 17.7 Å². The van der Waals surface area contributed by atoms with Crippen LogP contribution in [0, 0.1) is 0 Å². The van der Waals surface area contributed by atoms with E-state index in [1.807, 2.05) is 0 Å². The monoisotopic (exact) mass is 601 g/mol. The van der Waals surface area contributed by atoms with Gasteiger partial charge < -0.3 is 15.2 Å². The molecule has 1 saturated carbocycles. The lowest BCUT2D eigenvalue weighted by atomic mass is 9.84. The molecule has 1 aliphatic carbocycles. The Balaban J connectivity index is 1.84. The second kappa shape index (κ2) is 12.0. The van der Waals surface area contributed by atoms with E-state index in [1.165, 1.54) is 16.8 Å². The SMILES string of the molecule is CCn1nc(C(=O)NC[C@]2(O)CC[C@@H](S(C)(=O)=O)CC2)c(Cl)c1-c1ccc(CCC(F)(F)F)cc1OC(F)F. The second-order valence-electron chi connectivity index (χ2n) is 9.59. The fourth-order valence-corrected chi connectivity index (χ4v) is 5.95. The largest absolute Gasteiger partial charge is 0.434 e. The highest BCUT2D eigenvalue weighted by Gasteiger charge is 2.37. The first-order chi connectivity index (χ1) is 18.0. The molecule has 1 aliphatic rings. The number of hydrogen-bond acceptors (Lipinski definition) is 6. The minimum atomic E-state index is -4.44. The van der Waals surface area contributed by atoms with Crippen molar-refractivity contribution < 1.29 is 45.0 Å². The summed E-state index contributed by atoms with van der Waals surface area (Å²) in [6.45, 7) is -1.66. The number of sulfone groups is 1. The van der Waals surface area contributed by atoms with Crippen molar-refractivity contribution in [2.24, 2.45) is 0 Å². The van der Waals surface area contributed by atoms with E-state index in [0.29, 0.717) is 0 Å². The van der Waals surface area contributed by atoms with Crippen molar-refractivity contribution in [1.82, 2.24) is 15.1 Å². The molecule has 0 bridgehead atoms. The fraction of sp³-hybridized carbons (Fsp3) is 0.583. The van der Waals surface area contributed by atoms with E-state index in [9.17, 15) is 40.3 Å². The van der Waals surface area contributed by atoms with Crippen LogP contribution in [0.15, 0.2) is 18.2 Å². The number of amides is 1. The Morgan fingerprint density at radius 3 is 2.49 bits per heavy atom. The number of rotatable bonds is 10. The second-order valence-corrected chi connectivity index (χ2v) is 12.3. The molecule has 0 spiro atoms. The highest BCUT2D eigenvalue weighted by atomic mass is 35.5. The minimum Gasteiger partial charge on any atom is -0.434 e. The van der Waals surface area contributed by atoms with Gasteiger partial charge in [-0.2, -0.15) is 27.1 Å². The van der Waals surface area contributed by atoms with E-state index >= 15 is 0 Å². The third kappa shape index (κ3) is 8.04. The van der Waals surface area contributed by atoms with E-state index in [4.69, 9.17) is 11.6 Å². The number of hydrogen-bond donors (Lipinski definition) is 2. The molecule has 1 fully saturated rings. The number of aromatic nitrogens is 2. The number of benzene rings is 1. The van der Waals surface area contributed by atoms with Gasteiger partial charge in [0.15, 0.2) is 5.69 Å². The average molecular weight is 602 g/mol. The fourth-order valence-electron chi connectivity index (χ4n) is 4.53. The normalized spacial score (nSPS) is 20.3. The van der Waals surface area contributed by atoms with E-state index in [1.54, 1.807) is 6.92 Å². The number of alkyl halides is 5. The van der Waals surface area contributed by atoms with Crippen LogP contribution in [0.2, 0.25) is 5.02 Å². The first-order valence-corrected chi connectivity index (χ1v) is 14.5. The number of carbonyl (C=O) groups excluding carboxylic acids is 1. The minimum absolute atomic E-state index is 0.00202. The Morgan fingerprint density at radius 2 is 1.95 bits per heavy atom. The summed E-state index contributed by atoms with van der Waals surface area (Å²) in [5.74, 6) is -1.18. The molecule has 1 aromatic carbocycles. The number of carbonyl (C=O) groups is 1. The molecule has 1 aromatic heterocycles. The van der Waals surface area contributed by atoms with Crippen molar-refractivity contribution in [2.45, 2.75) is 75.6 Å². The number of halogens is 6. The Morgan fingerprint density at radius 1 is 1.31 bits per heavy atom. The van der Waals surface area contributed by atoms with Gasteiger partial charge in [-0.25, -0.2) is 8.42 Å². The van der Waals surface area contributed by atoms with Gasteiger partial charge in [-0.3, -0.25) is 9.48 Å². The molecule has 218 valence electrons. The number of ether oxygens (including phenoxy) is 1. The quantitative estimate of drug-likeness (QED) is 0.380. The molecule has 0 atom stereocenters. The Bertz CT molecular complexity index is 1290. The third-order valence-corrected chi connectivity index (χ3v) is 8.71. The molecular weight excluding hydrogens is 573 g/mol. The number of aryl methyl sites for hydroxylation is 2. The van der Waals surface area contributed by atoms with Gasteiger partial charge >= 0.3 is 12.8 Å². The zero-order valence-corrected chi connectivity index (χ0v) is 22.8. The van der Waals surface area contributed by atoms with Crippen LogP contribution >= 0.6 is 11.6 Å². The molecule has 1 amide bonds. The molecule has 0 radical (unpaired) electrons. The predicted octanol–water partition coefficient (Wildman–Crippen LogP) is 4.77. The van der Waals surface area contributed by atoms with Gasteiger partial charge in [-0.15, -0.1) is 0 Å². The van der Waals surface area contributed by atoms with Gasteiger partial charge in [0.05, 0.1) is 21.6 Å². The van der Waals surface area contributed by atoms with Gasteiger partial charge in [0.2, 0.25) is 0 Å². The molecule has 15 heteroatoms. The number of nitrogens with one attached hydrogen (secondary N) is 1. The summed E-state index contributed by atoms with van der Waals surface area (Å²) >= 11 is 6.47. The number of nitrogens with zero attached hydrogens (tertiary/aromatic N) is 2. The Labute approximate surface area is 227 Å². The van der Waals surface area contributed by atoms with Crippen molar-refractivity contribution in [1.29, 1.82) is 0 Å². The lowest BCUT2D eigenvalue weighted by Crippen LogP contribution is -2.47. The molecule has 0 unspecified atom stereocenters. The lowest BCUT2D eigenvalue weighted by Gasteiger charge is -2.35. The maximum absolute atomic E-state index is 13.2. The molecule has 0 aliphatic heterocycles. The van der Waals surface area contributed by atoms with Crippen molar-refractivity contribution >= 4 is 27.3 Å². The molecule has 39 heavy (non-hydrogen) atoms. The number of aliphatic hydroxyl groups is 1. The van der Waals surface area contributed by atoms with Crippen LogP contribution in [0.25, 0.3) is 11.3 Å². The Hall–Kier alpha value is -2.45. The van der Waals surface area contributed by atoms with Crippen molar-refractivity contribution in [3.05, 3.63) is 34.5 Å². The standard InChI is InChI=1S/C24H29ClF5N3O5S/c1-3-33-20(16-5-4-14(6-11-24(28,29)30)12-17(16)38-22(26)27)18(25)19(32-33)21(34)31-13-23(35)9-7-15(8-10-23)39(2,36)37/h4-5,12,15,22,35H,3,6-11,13H2,1-2H3,(H,31,34)/t15-,23+. The third-order valence-electron chi connectivity index (χ3n) is 6.67. The topological polar surface area (TPSA) is 111 Å². The molecule has 2 N–H and O–H groups in total.